The monoisotopic (exact) mass is 572 g/mol. The predicted octanol–water partition coefficient (Wildman–Crippen LogP) is 6.19. The van der Waals surface area contributed by atoms with Gasteiger partial charge in [-0.3, -0.25) is 0 Å². The minimum absolute atomic E-state index is 0.0296. The van der Waals surface area contributed by atoms with E-state index >= 15 is 0 Å². The number of aromatic nitrogens is 3. The molecule has 0 saturated carbocycles. The lowest BCUT2D eigenvalue weighted by molar-refractivity contribution is -0.139. The molecule has 1 aliphatic heterocycles. The van der Waals surface area contributed by atoms with Crippen LogP contribution in [-0.4, -0.2) is 59.0 Å². The highest BCUT2D eigenvalue weighted by molar-refractivity contribution is 8.32. The molecule has 40 heavy (non-hydrogen) atoms. The van der Waals surface area contributed by atoms with Crippen molar-refractivity contribution in [3.8, 4) is 23.2 Å². The van der Waals surface area contributed by atoms with Gasteiger partial charge in [0, 0.05) is 29.4 Å². The highest BCUT2D eigenvalue weighted by Crippen LogP contribution is 2.41. The minimum atomic E-state index is -4.52. The average Bonchev–Trinajstić information content (AvgIpc) is 3.51. The van der Waals surface area contributed by atoms with Crippen LogP contribution in [0.25, 0.3) is 22.3 Å². The van der Waals surface area contributed by atoms with Crippen molar-refractivity contribution in [2.45, 2.75) is 25.6 Å². The Morgan fingerprint density at radius 1 is 1.18 bits per heavy atom. The molecule has 11 heteroatoms. The summed E-state index contributed by atoms with van der Waals surface area (Å²) in [5.41, 5.74) is 1.76. The fourth-order valence-corrected chi connectivity index (χ4v) is 5.55. The molecular weight excluding hydrogens is 541 g/mol. The lowest BCUT2D eigenvalue weighted by Gasteiger charge is -2.26. The van der Waals surface area contributed by atoms with Crippen LogP contribution in [0.3, 0.4) is 0 Å². The highest BCUT2D eigenvalue weighted by Gasteiger charge is 2.38. The number of halogens is 3. The summed E-state index contributed by atoms with van der Waals surface area (Å²) in [6.07, 6.45) is 3.03. The van der Waals surface area contributed by atoms with Gasteiger partial charge in [0.25, 0.3) is 0 Å². The normalized spacial score (nSPS) is 16.1. The second-order valence-corrected chi connectivity index (χ2v) is 15.1. The van der Waals surface area contributed by atoms with Crippen LogP contribution in [0.15, 0.2) is 48.7 Å². The summed E-state index contributed by atoms with van der Waals surface area (Å²) in [5.74, 6) is 1.79. The molecule has 5 rings (SSSR count). The first-order valence-electron chi connectivity index (χ1n) is 12.7. The van der Waals surface area contributed by atoms with Crippen LogP contribution in [0, 0.1) is 11.3 Å². The first-order chi connectivity index (χ1) is 19.0. The van der Waals surface area contributed by atoms with Gasteiger partial charge < -0.3 is 23.3 Å². The summed E-state index contributed by atoms with van der Waals surface area (Å²) in [6, 6.07) is 13.1. The van der Waals surface area contributed by atoms with Crippen molar-refractivity contribution in [2.24, 2.45) is 0 Å². The number of methoxy groups -OCH3 is 1. The summed E-state index contributed by atoms with van der Waals surface area (Å²) in [7, 11) is 0.780. The lowest BCUT2D eigenvalue weighted by atomic mass is 10.0. The zero-order valence-electron chi connectivity index (χ0n) is 22.8. The Labute approximate surface area is 232 Å². The Morgan fingerprint density at radius 3 is 2.65 bits per heavy atom. The summed E-state index contributed by atoms with van der Waals surface area (Å²) >= 11 is 0. The molecule has 0 spiro atoms. The van der Waals surface area contributed by atoms with Gasteiger partial charge in [0.05, 0.1) is 42.7 Å². The van der Waals surface area contributed by atoms with E-state index in [-0.39, 0.29) is 18.9 Å². The van der Waals surface area contributed by atoms with E-state index in [1.165, 1.54) is 19.2 Å². The molecule has 0 amide bonds. The molecule has 1 atom stereocenters. The van der Waals surface area contributed by atoms with Crippen molar-refractivity contribution in [3.05, 3.63) is 71.2 Å². The fraction of sp³-hybridized carbons (Fsp3) is 0.379. The van der Waals surface area contributed by atoms with Crippen molar-refractivity contribution >= 4 is 20.9 Å². The van der Waals surface area contributed by atoms with Gasteiger partial charge in [-0.25, -0.2) is 15.0 Å². The summed E-state index contributed by atoms with van der Waals surface area (Å²) in [6.45, 7) is 1.53. The van der Waals surface area contributed by atoms with Gasteiger partial charge in [-0.15, -0.1) is 0 Å². The van der Waals surface area contributed by atoms with E-state index in [0.29, 0.717) is 41.7 Å². The van der Waals surface area contributed by atoms with Crippen molar-refractivity contribution in [2.75, 3.05) is 44.8 Å². The fourth-order valence-electron chi connectivity index (χ4n) is 4.93. The van der Waals surface area contributed by atoms with E-state index in [4.69, 9.17) is 19.2 Å². The molecule has 2 aromatic carbocycles. The average molecular weight is 573 g/mol. The maximum Gasteiger partial charge on any atom is 0.416 e. The maximum atomic E-state index is 13.8. The standard InChI is InChI=1S/C29H31F3N4O3S/c1-37-26-19(16-33)9-10-24-21(26)15-25(36(24)18-38-13-14-40(2,3)4)23-17-35-11-12-39-27(28(35)34-23)20-7-5-6-8-22(20)29(30,31)32/h5-10,15,17,27H,11-14,18H2,1-4H3. The van der Waals surface area contributed by atoms with E-state index in [9.17, 15) is 18.4 Å². The van der Waals surface area contributed by atoms with Gasteiger partial charge in [0.1, 0.15) is 36.2 Å². The third-order valence-electron chi connectivity index (χ3n) is 6.89. The molecule has 0 bridgehead atoms. The molecule has 3 heterocycles. The van der Waals surface area contributed by atoms with Crippen LogP contribution in [0.5, 0.6) is 5.75 Å². The number of benzene rings is 2. The summed E-state index contributed by atoms with van der Waals surface area (Å²) in [5, 5.41) is 10.3. The van der Waals surface area contributed by atoms with Gasteiger partial charge in [-0.1, -0.05) is 18.2 Å². The lowest BCUT2D eigenvalue weighted by Crippen LogP contribution is -2.24. The van der Waals surface area contributed by atoms with Crippen molar-refractivity contribution in [1.82, 2.24) is 14.1 Å². The van der Waals surface area contributed by atoms with Crippen LogP contribution >= 0.6 is 10.0 Å². The zero-order chi connectivity index (χ0) is 28.7. The Hall–Kier alpha value is -3.46. The third kappa shape index (κ3) is 5.44. The van der Waals surface area contributed by atoms with Gasteiger partial charge in [-0.05, 0) is 43.0 Å². The van der Waals surface area contributed by atoms with Crippen molar-refractivity contribution in [1.29, 1.82) is 5.26 Å². The molecule has 1 aliphatic rings. The SMILES string of the molecule is COc1c(C#N)ccc2c1cc(-c1cn3c(n1)C(c1ccccc1C(F)(F)F)OCC3)n2COCCS(C)(C)C. The van der Waals surface area contributed by atoms with Crippen molar-refractivity contribution < 1.29 is 27.4 Å². The molecule has 1 unspecified atom stereocenters. The van der Waals surface area contributed by atoms with Gasteiger partial charge in [0.15, 0.2) is 0 Å². The van der Waals surface area contributed by atoms with Crippen LogP contribution in [0.1, 0.15) is 28.6 Å². The number of hydrogen-bond donors (Lipinski definition) is 0. The Bertz CT molecular complexity index is 1580. The second-order valence-electron chi connectivity index (χ2n) is 10.5. The van der Waals surface area contributed by atoms with E-state index in [2.05, 4.69) is 24.8 Å². The van der Waals surface area contributed by atoms with Gasteiger partial charge in [-0.2, -0.15) is 18.4 Å². The molecule has 212 valence electrons. The number of nitriles is 1. The van der Waals surface area contributed by atoms with Crippen LogP contribution in [0.4, 0.5) is 13.2 Å². The van der Waals surface area contributed by atoms with E-state index in [0.717, 1.165) is 22.7 Å². The number of fused-ring (bicyclic) bond motifs is 2. The largest absolute Gasteiger partial charge is 0.495 e. The zero-order valence-corrected chi connectivity index (χ0v) is 23.6. The van der Waals surface area contributed by atoms with Crippen LogP contribution in [-0.2, 0) is 28.9 Å². The van der Waals surface area contributed by atoms with E-state index in [1.807, 2.05) is 27.5 Å². The molecule has 0 radical (unpaired) electrons. The van der Waals surface area contributed by atoms with Crippen LogP contribution in [0.2, 0.25) is 0 Å². The number of imidazole rings is 1. The topological polar surface area (TPSA) is 74.2 Å². The second kappa shape index (κ2) is 10.8. The predicted molar refractivity (Wildman–Crippen MR) is 150 cm³/mol. The van der Waals surface area contributed by atoms with Crippen LogP contribution < -0.4 is 4.74 Å². The molecule has 0 fully saturated rings. The highest BCUT2D eigenvalue weighted by atomic mass is 32.3. The Morgan fingerprint density at radius 2 is 1.95 bits per heavy atom. The summed E-state index contributed by atoms with van der Waals surface area (Å²) < 4.78 is 62.9. The molecule has 0 saturated heterocycles. The molecule has 2 aromatic heterocycles. The number of rotatable bonds is 8. The molecular formula is C29H31F3N4O3S. The van der Waals surface area contributed by atoms with Gasteiger partial charge >= 0.3 is 6.18 Å². The quantitative estimate of drug-likeness (QED) is 0.235. The van der Waals surface area contributed by atoms with E-state index < -0.39 is 27.9 Å². The number of nitrogens with zero attached hydrogens (tertiary/aromatic N) is 4. The minimum Gasteiger partial charge on any atom is -0.495 e. The van der Waals surface area contributed by atoms with Crippen molar-refractivity contribution in [3.63, 3.8) is 0 Å². The number of ether oxygens (including phenoxy) is 3. The first kappa shape index (κ1) is 28.1. The first-order valence-corrected chi connectivity index (χ1v) is 15.7. The molecule has 7 nitrogen and oxygen atoms in total. The van der Waals surface area contributed by atoms with Gasteiger partial charge in [0.2, 0.25) is 0 Å². The Kier molecular flexibility index (Phi) is 7.61. The van der Waals surface area contributed by atoms with E-state index in [1.54, 1.807) is 12.1 Å². The molecule has 4 aromatic rings. The summed E-state index contributed by atoms with van der Waals surface area (Å²) in [4.78, 5) is 4.82. The number of alkyl halides is 3. The Balaban J connectivity index is 1.60. The molecule has 0 aliphatic carbocycles. The third-order valence-corrected chi connectivity index (χ3v) is 8.28. The molecule has 0 N–H and O–H groups in total. The smallest absolute Gasteiger partial charge is 0.416 e. The number of hydrogen-bond acceptors (Lipinski definition) is 5. The maximum absolute atomic E-state index is 13.8.